The first-order chi connectivity index (χ1) is 13.1. The number of benzene rings is 2. The molecule has 0 saturated carbocycles. The van der Waals surface area contributed by atoms with Crippen molar-refractivity contribution < 1.29 is 0 Å². The monoisotopic (exact) mass is 431 g/mol. The Labute approximate surface area is 175 Å². The summed E-state index contributed by atoms with van der Waals surface area (Å²) in [6.07, 6.45) is 4.24. The smallest absolute Gasteiger partial charge is 0.191 e. The van der Waals surface area contributed by atoms with Crippen LogP contribution < -0.4 is 0 Å². The summed E-state index contributed by atoms with van der Waals surface area (Å²) in [7, 11) is 1.96. The Kier molecular flexibility index (Phi) is 5.55. The molecule has 0 spiro atoms. The molecule has 0 aliphatic carbocycles. The first-order valence-corrected chi connectivity index (χ1v) is 10.8. The van der Waals surface area contributed by atoms with Crippen LogP contribution in [0.4, 0.5) is 0 Å². The fourth-order valence-electron chi connectivity index (χ4n) is 2.69. The average Bonchev–Trinajstić information content (AvgIpc) is 3.19. The summed E-state index contributed by atoms with van der Waals surface area (Å²) < 4.78 is 3.03. The lowest BCUT2D eigenvalue weighted by molar-refractivity contribution is 0.796. The molecule has 0 bridgehead atoms. The second-order valence-electron chi connectivity index (χ2n) is 5.87. The van der Waals surface area contributed by atoms with Gasteiger partial charge in [0.1, 0.15) is 0 Å². The minimum absolute atomic E-state index is 0.697. The van der Waals surface area contributed by atoms with E-state index in [0.29, 0.717) is 10.0 Å². The van der Waals surface area contributed by atoms with Gasteiger partial charge in [-0.2, -0.15) is 0 Å². The van der Waals surface area contributed by atoms with Gasteiger partial charge >= 0.3 is 0 Å². The zero-order chi connectivity index (χ0) is 18.8. The van der Waals surface area contributed by atoms with E-state index in [1.807, 2.05) is 48.0 Å². The van der Waals surface area contributed by atoms with E-state index in [0.717, 1.165) is 31.7 Å². The number of thioether (sulfide) groups is 1. The third-order valence-electron chi connectivity index (χ3n) is 4.05. The van der Waals surface area contributed by atoms with Gasteiger partial charge in [0.25, 0.3) is 0 Å². The lowest BCUT2D eigenvalue weighted by Crippen LogP contribution is -1.94. The van der Waals surface area contributed by atoms with Crippen LogP contribution in [-0.4, -0.2) is 20.5 Å². The molecular formula is C20H15Cl2N3S2. The van der Waals surface area contributed by atoms with Gasteiger partial charge in [-0.3, -0.25) is 0 Å². The number of nitrogens with zero attached hydrogens (tertiary/aromatic N) is 3. The largest absolute Gasteiger partial charge is 0.304 e. The number of rotatable bonds is 5. The lowest BCUT2D eigenvalue weighted by atomic mass is 10.2. The first-order valence-electron chi connectivity index (χ1n) is 8.25. The maximum atomic E-state index is 6.59. The Morgan fingerprint density at radius 3 is 2.74 bits per heavy atom. The average molecular weight is 432 g/mol. The maximum Gasteiger partial charge on any atom is 0.191 e. The van der Waals surface area contributed by atoms with Crippen LogP contribution >= 0.6 is 46.3 Å². The van der Waals surface area contributed by atoms with Crippen LogP contribution in [0.2, 0.25) is 10.0 Å². The number of hydrogen-bond acceptors (Lipinski definition) is 4. The van der Waals surface area contributed by atoms with Gasteiger partial charge in [0.2, 0.25) is 0 Å². The molecule has 2 aromatic carbocycles. The van der Waals surface area contributed by atoms with Crippen LogP contribution in [0, 0.1) is 0 Å². The highest BCUT2D eigenvalue weighted by Gasteiger charge is 2.18. The van der Waals surface area contributed by atoms with Gasteiger partial charge in [0.05, 0.1) is 9.90 Å². The van der Waals surface area contributed by atoms with Crippen molar-refractivity contribution in [1.82, 2.24) is 14.8 Å². The van der Waals surface area contributed by atoms with Crippen LogP contribution in [-0.2, 0) is 7.05 Å². The van der Waals surface area contributed by atoms with E-state index in [9.17, 15) is 0 Å². The molecule has 7 heteroatoms. The first kappa shape index (κ1) is 18.6. The number of fused-ring (bicyclic) bond motifs is 1. The maximum absolute atomic E-state index is 6.59. The molecular weight excluding hydrogens is 417 g/mol. The molecule has 4 aromatic rings. The van der Waals surface area contributed by atoms with E-state index < -0.39 is 0 Å². The molecule has 0 fully saturated rings. The Morgan fingerprint density at radius 2 is 1.93 bits per heavy atom. The van der Waals surface area contributed by atoms with Crippen LogP contribution in [0.1, 0.15) is 5.56 Å². The quantitative estimate of drug-likeness (QED) is 0.325. The Bertz CT molecular complexity index is 1120. The van der Waals surface area contributed by atoms with E-state index in [-0.39, 0.29) is 0 Å². The number of halogens is 2. The van der Waals surface area contributed by atoms with Crippen molar-refractivity contribution in [3.05, 3.63) is 70.2 Å². The van der Waals surface area contributed by atoms with Gasteiger partial charge < -0.3 is 4.57 Å². The van der Waals surface area contributed by atoms with E-state index in [2.05, 4.69) is 34.5 Å². The van der Waals surface area contributed by atoms with Crippen molar-refractivity contribution >= 4 is 62.5 Å². The number of aromatic nitrogens is 3. The third-order valence-corrected chi connectivity index (χ3v) is 6.91. The highest BCUT2D eigenvalue weighted by atomic mass is 35.5. The fourth-order valence-corrected chi connectivity index (χ4v) is 5.22. The summed E-state index contributed by atoms with van der Waals surface area (Å²) in [5, 5.41) is 11.9. The number of hydrogen-bond donors (Lipinski definition) is 0. The number of thiophene rings is 1. The summed E-state index contributed by atoms with van der Waals surface area (Å²) in [5.74, 6) is 1.59. The Morgan fingerprint density at radius 1 is 1.11 bits per heavy atom. The van der Waals surface area contributed by atoms with Crippen molar-refractivity contribution in [2.24, 2.45) is 7.05 Å². The van der Waals surface area contributed by atoms with Crippen LogP contribution in [0.25, 0.3) is 26.9 Å². The van der Waals surface area contributed by atoms with Crippen LogP contribution in [0.15, 0.2) is 59.8 Å². The predicted molar refractivity (Wildman–Crippen MR) is 118 cm³/mol. The molecule has 0 unspecified atom stereocenters. The van der Waals surface area contributed by atoms with Gasteiger partial charge in [0, 0.05) is 27.9 Å². The predicted octanol–water partition coefficient (Wildman–Crippen LogP) is 6.81. The minimum atomic E-state index is 0.697. The SMILES string of the molecule is Cn1c(SCC=Cc2ccccc2)nnc1-c1sc2cc(Cl)ccc2c1Cl. The van der Waals surface area contributed by atoms with Crippen molar-refractivity contribution in [3.63, 3.8) is 0 Å². The molecule has 0 N–H and O–H groups in total. The molecule has 0 saturated heterocycles. The summed E-state index contributed by atoms with van der Waals surface area (Å²) in [6, 6.07) is 16.0. The van der Waals surface area contributed by atoms with Gasteiger partial charge in [-0.05, 0) is 17.7 Å². The molecule has 3 nitrogen and oxygen atoms in total. The molecule has 2 heterocycles. The van der Waals surface area contributed by atoms with Gasteiger partial charge in [-0.25, -0.2) is 0 Å². The van der Waals surface area contributed by atoms with Crippen molar-refractivity contribution in [3.8, 4) is 10.7 Å². The molecule has 0 aliphatic rings. The van der Waals surface area contributed by atoms with E-state index in [4.69, 9.17) is 23.2 Å². The molecule has 0 atom stereocenters. The molecule has 0 amide bonds. The molecule has 0 radical (unpaired) electrons. The summed E-state index contributed by atoms with van der Waals surface area (Å²) in [4.78, 5) is 0.913. The topological polar surface area (TPSA) is 30.7 Å². The van der Waals surface area contributed by atoms with Gasteiger partial charge in [-0.15, -0.1) is 21.5 Å². The minimum Gasteiger partial charge on any atom is -0.304 e. The zero-order valence-electron chi connectivity index (χ0n) is 14.4. The fraction of sp³-hybridized carbons (Fsp3) is 0.100. The van der Waals surface area contributed by atoms with Gasteiger partial charge in [0.15, 0.2) is 11.0 Å². The second-order valence-corrected chi connectivity index (χ2v) is 8.73. The molecule has 2 aromatic heterocycles. The highest BCUT2D eigenvalue weighted by molar-refractivity contribution is 7.99. The zero-order valence-corrected chi connectivity index (χ0v) is 17.5. The molecule has 136 valence electrons. The third kappa shape index (κ3) is 3.92. The lowest BCUT2D eigenvalue weighted by Gasteiger charge is -2.01. The summed E-state index contributed by atoms with van der Waals surface area (Å²) in [6.45, 7) is 0. The highest BCUT2D eigenvalue weighted by Crippen LogP contribution is 2.42. The van der Waals surface area contributed by atoms with Crippen LogP contribution in [0.3, 0.4) is 0 Å². The van der Waals surface area contributed by atoms with Crippen molar-refractivity contribution in [2.45, 2.75) is 5.16 Å². The van der Waals surface area contributed by atoms with E-state index >= 15 is 0 Å². The normalized spacial score (nSPS) is 11.7. The standard InChI is InChI=1S/C20H15Cl2N3S2/c1-25-19(18-17(22)15-10-9-14(21)12-16(15)27-18)23-24-20(25)26-11-5-8-13-6-3-2-4-7-13/h2-10,12H,11H2,1H3. The second kappa shape index (κ2) is 8.07. The molecule has 4 rings (SSSR count). The Balaban J connectivity index is 1.54. The Hall–Kier alpha value is -1.79. The van der Waals surface area contributed by atoms with Crippen molar-refractivity contribution in [2.75, 3.05) is 5.75 Å². The molecule has 27 heavy (non-hydrogen) atoms. The van der Waals surface area contributed by atoms with Crippen LogP contribution in [0.5, 0.6) is 0 Å². The van der Waals surface area contributed by atoms with Crippen molar-refractivity contribution in [1.29, 1.82) is 0 Å². The summed E-state index contributed by atoms with van der Waals surface area (Å²) >= 11 is 15.9. The summed E-state index contributed by atoms with van der Waals surface area (Å²) in [5.41, 5.74) is 1.19. The molecule has 0 aliphatic heterocycles. The van der Waals surface area contributed by atoms with E-state index in [1.165, 1.54) is 5.56 Å². The van der Waals surface area contributed by atoms with Gasteiger partial charge in [-0.1, -0.05) is 83.5 Å². The van der Waals surface area contributed by atoms with E-state index in [1.54, 1.807) is 23.1 Å².